The number of nitrogens with zero attached hydrogens (tertiary/aromatic N) is 1. The second-order valence-electron chi connectivity index (χ2n) is 11.0. The van der Waals surface area contributed by atoms with Gasteiger partial charge in [0, 0.05) is 18.7 Å². The number of anilines is 1. The van der Waals surface area contributed by atoms with Crippen molar-refractivity contribution in [3.8, 4) is 0 Å². The first kappa shape index (κ1) is 35.0. The number of imide groups is 1. The highest BCUT2D eigenvalue weighted by atomic mass is 16.5. The summed E-state index contributed by atoms with van der Waals surface area (Å²) in [5.41, 5.74) is 0.699. The van der Waals surface area contributed by atoms with Crippen LogP contribution >= 0.6 is 0 Å². The van der Waals surface area contributed by atoms with Crippen LogP contribution < -0.4 is 16.0 Å². The van der Waals surface area contributed by atoms with Gasteiger partial charge in [0.15, 0.2) is 0 Å². The Hall–Kier alpha value is -4.02. The molecule has 1 aromatic carbocycles. The van der Waals surface area contributed by atoms with Crippen molar-refractivity contribution in [3.63, 3.8) is 0 Å². The maximum Gasteiger partial charge on any atom is 0.311 e. The summed E-state index contributed by atoms with van der Waals surface area (Å²) in [7, 11) is 0. The molecule has 0 aliphatic rings. The second-order valence-corrected chi connectivity index (χ2v) is 11.0. The zero-order valence-corrected chi connectivity index (χ0v) is 25.0. The van der Waals surface area contributed by atoms with E-state index < -0.39 is 23.3 Å². The third-order valence-electron chi connectivity index (χ3n) is 5.93. The third-order valence-corrected chi connectivity index (χ3v) is 5.93. The first-order chi connectivity index (χ1) is 19.3. The zero-order chi connectivity index (χ0) is 31.0. The van der Waals surface area contributed by atoms with E-state index in [-0.39, 0.29) is 49.8 Å². The van der Waals surface area contributed by atoms with Gasteiger partial charge in [-0.3, -0.25) is 33.7 Å². The van der Waals surface area contributed by atoms with Crippen molar-refractivity contribution in [1.29, 1.82) is 0 Å². The average Bonchev–Trinajstić information content (AvgIpc) is 2.91. The van der Waals surface area contributed by atoms with Crippen LogP contribution in [0.2, 0.25) is 0 Å². The van der Waals surface area contributed by atoms with E-state index in [0.717, 1.165) is 10.5 Å². The van der Waals surface area contributed by atoms with Gasteiger partial charge in [-0.25, -0.2) is 0 Å². The Kier molecular flexibility index (Phi) is 15.0. The lowest BCUT2D eigenvalue weighted by molar-refractivity contribution is -0.154. The maximum atomic E-state index is 12.7. The van der Waals surface area contributed by atoms with Crippen LogP contribution in [0.15, 0.2) is 36.4 Å². The van der Waals surface area contributed by atoms with Gasteiger partial charge in [0.05, 0.1) is 12.0 Å². The Morgan fingerprint density at radius 2 is 1.63 bits per heavy atom. The number of carbonyl (C=O) groups is 6. The quantitative estimate of drug-likeness (QED) is 0.119. The van der Waals surface area contributed by atoms with E-state index in [9.17, 15) is 28.8 Å². The number of unbranched alkanes of at least 4 members (excludes halogenated alkanes) is 2. The van der Waals surface area contributed by atoms with Gasteiger partial charge in [-0.15, -0.1) is 0 Å². The van der Waals surface area contributed by atoms with Crippen LogP contribution in [-0.2, 0) is 40.1 Å². The van der Waals surface area contributed by atoms with Crippen LogP contribution in [0.1, 0.15) is 72.8 Å². The van der Waals surface area contributed by atoms with Crippen molar-refractivity contribution in [1.82, 2.24) is 15.5 Å². The molecule has 5 amide bonds. The third kappa shape index (κ3) is 13.7. The Labute approximate surface area is 242 Å². The molecule has 3 N–H and O–H groups in total. The number of hydrogen-bond acceptors (Lipinski definition) is 7. The SMILES string of the molecule is C/C=C\C(=O)N(C=O)CCCCCC(=O)NC(C(=O)NCC(=O)Nc1ccc(COC(=O)C(C)(C)C)cc1)C(C)C. The molecule has 0 saturated heterocycles. The molecule has 0 fully saturated rings. The molecule has 1 rings (SSSR count). The van der Waals surface area contributed by atoms with Crippen LogP contribution in [0.5, 0.6) is 0 Å². The molecule has 0 saturated carbocycles. The monoisotopic (exact) mass is 572 g/mol. The van der Waals surface area contributed by atoms with Crippen molar-refractivity contribution in [3.05, 3.63) is 42.0 Å². The van der Waals surface area contributed by atoms with Gasteiger partial charge in [-0.2, -0.15) is 0 Å². The van der Waals surface area contributed by atoms with E-state index in [0.29, 0.717) is 31.4 Å². The molecular weight excluding hydrogens is 528 g/mol. The highest BCUT2D eigenvalue weighted by molar-refractivity contribution is 5.96. The number of nitrogens with one attached hydrogen (secondary N) is 3. The number of rotatable bonds is 16. The van der Waals surface area contributed by atoms with Crippen molar-refractivity contribution >= 4 is 41.7 Å². The van der Waals surface area contributed by atoms with Gasteiger partial charge >= 0.3 is 5.97 Å². The minimum Gasteiger partial charge on any atom is -0.460 e. The topological polar surface area (TPSA) is 151 Å². The number of carbonyl (C=O) groups excluding carboxylic acids is 6. The first-order valence-electron chi connectivity index (χ1n) is 13.8. The summed E-state index contributed by atoms with van der Waals surface area (Å²) in [6.07, 6.45) is 5.28. The lowest BCUT2D eigenvalue weighted by Gasteiger charge is -2.21. The number of benzene rings is 1. The van der Waals surface area contributed by atoms with Crippen LogP contribution in [-0.4, -0.2) is 60.0 Å². The van der Waals surface area contributed by atoms with Crippen LogP contribution in [0.4, 0.5) is 5.69 Å². The summed E-state index contributed by atoms with van der Waals surface area (Å²) in [5.74, 6) is -2.10. The summed E-state index contributed by atoms with van der Waals surface area (Å²) in [5, 5.41) is 7.98. The largest absolute Gasteiger partial charge is 0.460 e. The molecular formula is C30H44N4O7. The van der Waals surface area contributed by atoms with Gasteiger partial charge < -0.3 is 20.7 Å². The molecule has 0 aliphatic heterocycles. The molecule has 41 heavy (non-hydrogen) atoms. The van der Waals surface area contributed by atoms with Gasteiger partial charge in [0.1, 0.15) is 12.6 Å². The molecule has 0 aromatic heterocycles. The predicted octanol–water partition coefficient (Wildman–Crippen LogP) is 3.09. The minimum absolute atomic E-state index is 0.124. The fraction of sp³-hybridized carbons (Fsp3) is 0.533. The van der Waals surface area contributed by atoms with Crippen molar-refractivity contribution < 1.29 is 33.5 Å². The normalized spacial score (nSPS) is 12.0. The Balaban J connectivity index is 2.44. The molecule has 0 aliphatic carbocycles. The molecule has 11 heteroatoms. The van der Waals surface area contributed by atoms with Gasteiger partial charge in [-0.05, 0) is 70.2 Å². The van der Waals surface area contributed by atoms with Crippen molar-refractivity contribution in [2.45, 2.75) is 79.9 Å². The zero-order valence-electron chi connectivity index (χ0n) is 25.0. The average molecular weight is 573 g/mol. The highest BCUT2D eigenvalue weighted by Crippen LogP contribution is 2.17. The molecule has 11 nitrogen and oxygen atoms in total. The summed E-state index contributed by atoms with van der Waals surface area (Å²) in [6, 6.07) is 6.00. The number of esters is 1. The fourth-order valence-electron chi connectivity index (χ4n) is 3.51. The van der Waals surface area contributed by atoms with E-state index in [1.807, 2.05) is 0 Å². The van der Waals surface area contributed by atoms with Crippen LogP contribution in [0, 0.1) is 11.3 Å². The van der Waals surface area contributed by atoms with Crippen LogP contribution in [0.25, 0.3) is 0 Å². The van der Waals surface area contributed by atoms with Gasteiger partial charge in [0.25, 0.3) is 5.91 Å². The Bertz CT molecular complexity index is 1080. The van der Waals surface area contributed by atoms with E-state index in [1.54, 1.807) is 71.9 Å². The smallest absolute Gasteiger partial charge is 0.311 e. The molecule has 1 aromatic rings. The fourth-order valence-corrected chi connectivity index (χ4v) is 3.51. The van der Waals surface area contributed by atoms with Gasteiger partial charge in [-0.1, -0.05) is 38.5 Å². The van der Waals surface area contributed by atoms with Crippen molar-refractivity contribution in [2.75, 3.05) is 18.4 Å². The summed E-state index contributed by atoms with van der Waals surface area (Å²) in [4.78, 5) is 73.2. The molecule has 1 atom stereocenters. The second kappa shape index (κ2) is 17.6. The van der Waals surface area contributed by atoms with E-state index in [1.165, 1.54) is 6.08 Å². The lowest BCUT2D eigenvalue weighted by atomic mass is 9.97. The van der Waals surface area contributed by atoms with Gasteiger partial charge in [0.2, 0.25) is 24.1 Å². The van der Waals surface area contributed by atoms with E-state index in [4.69, 9.17) is 4.74 Å². The molecule has 1 unspecified atom stereocenters. The Morgan fingerprint density at radius 3 is 2.20 bits per heavy atom. The Morgan fingerprint density at radius 1 is 0.976 bits per heavy atom. The summed E-state index contributed by atoms with van der Waals surface area (Å²) >= 11 is 0. The number of ether oxygens (including phenoxy) is 1. The summed E-state index contributed by atoms with van der Waals surface area (Å²) in [6.45, 7) is 10.7. The number of hydrogen-bond donors (Lipinski definition) is 3. The minimum atomic E-state index is -0.811. The molecule has 0 heterocycles. The molecule has 0 radical (unpaired) electrons. The van der Waals surface area contributed by atoms with Crippen molar-refractivity contribution in [2.24, 2.45) is 11.3 Å². The van der Waals surface area contributed by atoms with E-state index in [2.05, 4.69) is 16.0 Å². The molecule has 0 bridgehead atoms. The molecule has 226 valence electrons. The predicted molar refractivity (Wildman–Crippen MR) is 155 cm³/mol. The summed E-state index contributed by atoms with van der Waals surface area (Å²) < 4.78 is 5.28. The lowest BCUT2D eigenvalue weighted by Crippen LogP contribution is -2.51. The van der Waals surface area contributed by atoms with E-state index >= 15 is 0 Å². The highest BCUT2D eigenvalue weighted by Gasteiger charge is 2.25. The number of amides is 5. The van der Waals surface area contributed by atoms with Crippen LogP contribution in [0.3, 0.4) is 0 Å². The standard InChI is InChI=1S/C30H44N4O7/c1-7-11-26(38)34(20-35)17-10-8-9-12-24(36)33-27(21(2)3)28(39)31-18-25(37)32-23-15-13-22(14-16-23)19-41-29(40)30(4,5)6/h7,11,13-16,20-21,27H,8-10,12,17-19H2,1-6H3,(H,31,39)(H,32,37)(H,33,36)/b11-7-. The first-order valence-corrected chi connectivity index (χ1v) is 13.8. The molecule has 0 spiro atoms. The maximum absolute atomic E-state index is 12.7. The number of allylic oxidation sites excluding steroid dienone is 1.